The van der Waals surface area contributed by atoms with E-state index in [0.29, 0.717) is 18.3 Å². The van der Waals surface area contributed by atoms with Crippen LogP contribution in [0.5, 0.6) is 11.5 Å². The van der Waals surface area contributed by atoms with Crippen LogP contribution >= 0.6 is 11.3 Å². The normalized spacial score (nSPS) is 10.8. The summed E-state index contributed by atoms with van der Waals surface area (Å²) in [5.74, 6) is 1.50. The number of aromatic nitrogens is 1. The average Bonchev–Trinajstić information content (AvgIpc) is 3.24. The molecule has 0 radical (unpaired) electrons. The van der Waals surface area contributed by atoms with Gasteiger partial charge < -0.3 is 9.47 Å². The van der Waals surface area contributed by atoms with Gasteiger partial charge in [0.25, 0.3) is 0 Å². The molecule has 1 amide bonds. The first kappa shape index (κ1) is 20.9. The maximum absolute atomic E-state index is 13.4. The molecule has 0 spiro atoms. The van der Waals surface area contributed by atoms with Gasteiger partial charge in [-0.3, -0.25) is 9.69 Å². The fraction of sp³-hybridized carbons (Fsp3) is 0.200. The maximum Gasteiger partial charge on any atom is 0.233 e. The molecule has 6 heteroatoms. The Morgan fingerprint density at radius 3 is 2.45 bits per heavy atom. The molecule has 1 aromatic heterocycles. The van der Waals surface area contributed by atoms with Gasteiger partial charge in [0.05, 0.1) is 31.4 Å². The van der Waals surface area contributed by atoms with E-state index in [1.54, 1.807) is 12.0 Å². The van der Waals surface area contributed by atoms with E-state index in [1.165, 1.54) is 11.3 Å². The molecule has 31 heavy (non-hydrogen) atoms. The molecule has 0 saturated carbocycles. The van der Waals surface area contributed by atoms with Crippen molar-refractivity contribution in [1.82, 2.24) is 4.98 Å². The molecular formula is C25H24N2O3S. The van der Waals surface area contributed by atoms with Crippen LogP contribution in [-0.4, -0.2) is 24.6 Å². The minimum Gasteiger partial charge on any atom is -0.497 e. The molecular weight excluding hydrogens is 408 g/mol. The minimum atomic E-state index is -0.00830. The second-order valence-electron chi connectivity index (χ2n) is 7.02. The largest absolute Gasteiger partial charge is 0.497 e. The predicted molar refractivity (Wildman–Crippen MR) is 125 cm³/mol. The summed E-state index contributed by atoms with van der Waals surface area (Å²) in [4.78, 5) is 19.9. The van der Waals surface area contributed by atoms with Crippen LogP contribution in [0.4, 0.5) is 5.13 Å². The fourth-order valence-corrected chi connectivity index (χ4v) is 4.34. The molecule has 158 valence electrons. The highest BCUT2D eigenvalue weighted by Crippen LogP contribution is 2.35. The number of carbonyl (C=O) groups is 1. The smallest absolute Gasteiger partial charge is 0.233 e. The van der Waals surface area contributed by atoms with Crippen LogP contribution < -0.4 is 14.4 Å². The summed E-state index contributed by atoms with van der Waals surface area (Å²) in [6.07, 6.45) is 0.283. The van der Waals surface area contributed by atoms with Gasteiger partial charge in [-0.25, -0.2) is 4.98 Å². The fourth-order valence-electron chi connectivity index (χ4n) is 3.34. The van der Waals surface area contributed by atoms with Crippen LogP contribution in [0.2, 0.25) is 0 Å². The Balaban J connectivity index is 1.67. The van der Waals surface area contributed by atoms with Crippen molar-refractivity contribution in [3.8, 4) is 11.5 Å². The third-order valence-electron chi connectivity index (χ3n) is 4.90. The number of benzene rings is 3. The molecule has 4 rings (SSSR count). The van der Waals surface area contributed by atoms with Crippen molar-refractivity contribution in [1.29, 1.82) is 0 Å². The van der Waals surface area contributed by atoms with Crippen molar-refractivity contribution in [3.63, 3.8) is 0 Å². The lowest BCUT2D eigenvalue weighted by atomic mass is 10.1. The SMILES string of the molecule is CCOc1cccc2sc(N(Cc3ccccc3)C(=O)Cc3ccc(OC)cc3)nc12. The Labute approximate surface area is 185 Å². The summed E-state index contributed by atoms with van der Waals surface area (Å²) in [6, 6.07) is 23.4. The molecule has 4 aromatic rings. The first-order valence-corrected chi connectivity index (χ1v) is 11.0. The third kappa shape index (κ3) is 4.86. The van der Waals surface area contributed by atoms with E-state index in [1.807, 2.05) is 79.7 Å². The number of ether oxygens (including phenoxy) is 2. The van der Waals surface area contributed by atoms with Crippen molar-refractivity contribution < 1.29 is 14.3 Å². The zero-order valence-corrected chi connectivity index (χ0v) is 18.4. The number of amides is 1. The lowest BCUT2D eigenvalue weighted by molar-refractivity contribution is -0.118. The van der Waals surface area contributed by atoms with Crippen LogP contribution in [0.25, 0.3) is 10.2 Å². The number of nitrogens with zero attached hydrogens (tertiary/aromatic N) is 2. The molecule has 0 aliphatic heterocycles. The lowest BCUT2D eigenvalue weighted by Crippen LogP contribution is -2.31. The highest BCUT2D eigenvalue weighted by atomic mass is 32.1. The van der Waals surface area contributed by atoms with Crippen molar-refractivity contribution in [2.75, 3.05) is 18.6 Å². The highest BCUT2D eigenvalue weighted by molar-refractivity contribution is 7.22. The predicted octanol–water partition coefficient (Wildman–Crippen LogP) is 5.48. The van der Waals surface area contributed by atoms with Gasteiger partial charge in [0.2, 0.25) is 5.91 Å². The highest BCUT2D eigenvalue weighted by Gasteiger charge is 2.21. The average molecular weight is 433 g/mol. The van der Waals surface area contributed by atoms with Gasteiger partial charge in [0.1, 0.15) is 17.0 Å². The van der Waals surface area contributed by atoms with Crippen LogP contribution in [0, 0.1) is 0 Å². The number of fused-ring (bicyclic) bond motifs is 1. The molecule has 0 bridgehead atoms. The van der Waals surface area contributed by atoms with Gasteiger partial charge in [-0.05, 0) is 42.3 Å². The molecule has 5 nitrogen and oxygen atoms in total. The second-order valence-corrected chi connectivity index (χ2v) is 8.03. The van der Waals surface area contributed by atoms with Gasteiger partial charge in [-0.1, -0.05) is 59.9 Å². The Morgan fingerprint density at radius 1 is 0.968 bits per heavy atom. The maximum atomic E-state index is 13.4. The number of hydrogen-bond donors (Lipinski definition) is 0. The van der Waals surface area contributed by atoms with Gasteiger partial charge in [-0.15, -0.1) is 0 Å². The standard InChI is InChI=1S/C25H24N2O3S/c1-3-30-21-10-7-11-22-24(21)26-25(31-22)27(17-19-8-5-4-6-9-19)23(28)16-18-12-14-20(29-2)15-13-18/h4-15H,3,16-17H2,1-2H3. The Morgan fingerprint density at radius 2 is 1.74 bits per heavy atom. The number of hydrogen-bond acceptors (Lipinski definition) is 5. The Kier molecular flexibility index (Phi) is 6.48. The number of anilines is 1. The van der Waals surface area contributed by atoms with Gasteiger partial charge in [0.15, 0.2) is 5.13 Å². The molecule has 3 aromatic carbocycles. The Hall–Kier alpha value is -3.38. The van der Waals surface area contributed by atoms with Crippen molar-refractivity contribution in [2.24, 2.45) is 0 Å². The van der Waals surface area contributed by atoms with Gasteiger partial charge >= 0.3 is 0 Å². The number of methoxy groups -OCH3 is 1. The zero-order chi connectivity index (χ0) is 21.6. The van der Waals surface area contributed by atoms with E-state index < -0.39 is 0 Å². The topological polar surface area (TPSA) is 51.7 Å². The molecule has 0 saturated heterocycles. The first-order valence-electron chi connectivity index (χ1n) is 10.2. The number of carbonyl (C=O) groups excluding carboxylic acids is 1. The molecule has 0 aliphatic carbocycles. The molecule has 0 aliphatic rings. The molecule has 0 fully saturated rings. The molecule has 0 atom stereocenters. The summed E-state index contributed by atoms with van der Waals surface area (Å²) in [5, 5.41) is 0.671. The van der Waals surface area contributed by atoms with Gasteiger partial charge in [-0.2, -0.15) is 0 Å². The summed E-state index contributed by atoms with van der Waals surface area (Å²) in [6.45, 7) is 2.97. The summed E-state index contributed by atoms with van der Waals surface area (Å²) < 4.78 is 12.0. The lowest BCUT2D eigenvalue weighted by Gasteiger charge is -2.20. The van der Waals surface area contributed by atoms with E-state index in [-0.39, 0.29) is 12.3 Å². The Bertz CT molecular complexity index is 1160. The second kappa shape index (κ2) is 9.62. The van der Waals surface area contributed by atoms with Crippen molar-refractivity contribution >= 4 is 32.6 Å². The van der Waals surface area contributed by atoms with Crippen LogP contribution in [-0.2, 0) is 17.8 Å². The van der Waals surface area contributed by atoms with Gasteiger partial charge in [0, 0.05) is 0 Å². The van der Waals surface area contributed by atoms with E-state index in [9.17, 15) is 4.79 Å². The van der Waals surface area contributed by atoms with E-state index in [4.69, 9.17) is 14.5 Å². The quantitative estimate of drug-likeness (QED) is 0.370. The number of para-hydroxylation sites is 1. The van der Waals surface area contributed by atoms with Crippen molar-refractivity contribution in [2.45, 2.75) is 19.9 Å². The number of rotatable bonds is 8. The van der Waals surface area contributed by atoms with Crippen molar-refractivity contribution in [3.05, 3.63) is 83.9 Å². The summed E-state index contributed by atoms with van der Waals surface area (Å²) >= 11 is 1.50. The molecule has 0 unspecified atom stereocenters. The van der Waals surface area contributed by atoms with Crippen LogP contribution in [0.3, 0.4) is 0 Å². The first-order chi connectivity index (χ1) is 15.2. The summed E-state index contributed by atoms with van der Waals surface area (Å²) in [5.41, 5.74) is 2.77. The van der Waals surface area contributed by atoms with E-state index >= 15 is 0 Å². The minimum absolute atomic E-state index is 0.00830. The van der Waals surface area contributed by atoms with Crippen LogP contribution in [0.1, 0.15) is 18.1 Å². The molecule has 1 heterocycles. The van der Waals surface area contributed by atoms with Crippen LogP contribution in [0.15, 0.2) is 72.8 Å². The molecule has 0 N–H and O–H groups in total. The number of thiazole rings is 1. The summed E-state index contributed by atoms with van der Waals surface area (Å²) in [7, 11) is 1.63. The zero-order valence-electron chi connectivity index (χ0n) is 17.6. The monoisotopic (exact) mass is 432 g/mol. The van der Waals surface area contributed by atoms with E-state index in [0.717, 1.165) is 32.8 Å². The third-order valence-corrected chi connectivity index (χ3v) is 5.94. The van der Waals surface area contributed by atoms with E-state index in [2.05, 4.69) is 0 Å².